The molecule has 7 nitrogen and oxygen atoms in total. The van der Waals surface area contributed by atoms with Gasteiger partial charge in [0.25, 0.3) is 0 Å². The molecule has 5 rings (SSSR count). The van der Waals surface area contributed by atoms with E-state index in [0.717, 1.165) is 54.8 Å². The highest BCUT2D eigenvalue weighted by Crippen LogP contribution is 2.32. The zero-order chi connectivity index (χ0) is 20.3. The van der Waals surface area contributed by atoms with Crippen LogP contribution in [0.4, 0.5) is 11.8 Å². The number of benzene rings is 1. The SMILES string of the molecule is Cl.Cl.NC1CCC(Nc2nc(NCc3ccccc3)c3ncn(C4CCSC4)c3n2)CC1. The van der Waals surface area contributed by atoms with Crippen LogP contribution in [0.15, 0.2) is 36.7 Å². The van der Waals surface area contributed by atoms with Crippen LogP contribution in [0.1, 0.15) is 43.7 Å². The highest BCUT2D eigenvalue weighted by atomic mass is 35.5. The van der Waals surface area contributed by atoms with Gasteiger partial charge >= 0.3 is 0 Å². The molecule has 2 fully saturated rings. The maximum Gasteiger partial charge on any atom is 0.227 e. The summed E-state index contributed by atoms with van der Waals surface area (Å²) < 4.78 is 2.24. The van der Waals surface area contributed by atoms with Crippen molar-refractivity contribution in [1.82, 2.24) is 19.5 Å². The van der Waals surface area contributed by atoms with Gasteiger partial charge in [-0.2, -0.15) is 21.7 Å². The Bertz CT molecular complexity index is 987. The van der Waals surface area contributed by atoms with Gasteiger partial charge in [0.15, 0.2) is 17.0 Å². The number of nitrogens with zero attached hydrogens (tertiary/aromatic N) is 4. The molecule has 174 valence electrons. The van der Waals surface area contributed by atoms with Gasteiger partial charge in [0.05, 0.1) is 6.33 Å². The zero-order valence-electron chi connectivity index (χ0n) is 17.9. The van der Waals surface area contributed by atoms with Crippen LogP contribution in [0.25, 0.3) is 11.2 Å². The molecule has 3 aromatic rings. The molecule has 1 saturated heterocycles. The van der Waals surface area contributed by atoms with Gasteiger partial charge in [-0.3, -0.25) is 0 Å². The van der Waals surface area contributed by atoms with E-state index < -0.39 is 0 Å². The lowest BCUT2D eigenvalue weighted by Gasteiger charge is -2.27. The maximum absolute atomic E-state index is 6.08. The van der Waals surface area contributed by atoms with Gasteiger partial charge < -0.3 is 20.9 Å². The number of anilines is 2. The van der Waals surface area contributed by atoms with Gasteiger partial charge in [-0.1, -0.05) is 30.3 Å². The Kier molecular flexibility index (Phi) is 8.87. The number of hydrogen-bond acceptors (Lipinski definition) is 7. The molecular weight excluding hydrogens is 465 g/mol. The molecular formula is C22H31Cl2N7S. The number of thioether (sulfide) groups is 1. The summed E-state index contributed by atoms with van der Waals surface area (Å²) in [6, 6.07) is 11.5. The topological polar surface area (TPSA) is 93.7 Å². The summed E-state index contributed by atoms with van der Waals surface area (Å²) in [6.45, 7) is 0.705. The first-order valence-electron chi connectivity index (χ1n) is 10.9. The number of hydrogen-bond donors (Lipinski definition) is 3. The average molecular weight is 497 g/mol. The molecule has 1 saturated carbocycles. The monoisotopic (exact) mass is 495 g/mol. The minimum Gasteiger partial charge on any atom is -0.364 e. The summed E-state index contributed by atoms with van der Waals surface area (Å²) in [4.78, 5) is 14.4. The molecule has 4 N–H and O–H groups in total. The van der Waals surface area contributed by atoms with Gasteiger partial charge in [-0.05, 0) is 43.4 Å². The third-order valence-electron chi connectivity index (χ3n) is 6.13. The fraction of sp³-hybridized carbons (Fsp3) is 0.500. The van der Waals surface area contributed by atoms with Crippen molar-refractivity contribution < 1.29 is 0 Å². The van der Waals surface area contributed by atoms with Crippen molar-refractivity contribution in [3.63, 3.8) is 0 Å². The van der Waals surface area contributed by atoms with Crippen molar-refractivity contribution >= 4 is 59.5 Å². The molecule has 0 amide bonds. The highest BCUT2D eigenvalue weighted by molar-refractivity contribution is 7.99. The van der Waals surface area contributed by atoms with Crippen molar-refractivity contribution in [1.29, 1.82) is 0 Å². The van der Waals surface area contributed by atoms with Crippen LogP contribution in [-0.4, -0.2) is 43.1 Å². The summed E-state index contributed by atoms with van der Waals surface area (Å²) in [7, 11) is 0. The largest absolute Gasteiger partial charge is 0.364 e. The van der Waals surface area contributed by atoms with E-state index in [0.29, 0.717) is 30.6 Å². The number of nitrogens with two attached hydrogens (primary N) is 1. The predicted octanol–water partition coefficient (Wildman–Crippen LogP) is 4.64. The van der Waals surface area contributed by atoms with Crippen LogP contribution in [0.2, 0.25) is 0 Å². The van der Waals surface area contributed by atoms with E-state index in [4.69, 9.17) is 20.7 Å². The Morgan fingerprint density at radius 2 is 1.81 bits per heavy atom. The van der Waals surface area contributed by atoms with Crippen LogP contribution in [0.3, 0.4) is 0 Å². The molecule has 2 aromatic heterocycles. The summed E-state index contributed by atoms with van der Waals surface area (Å²) in [5.74, 6) is 3.79. The Morgan fingerprint density at radius 1 is 1.03 bits per heavy atom. The molecule has 1 aromatic carbocycles. The average Bonchev–Trinajstić information content (AvgIpc) is 3.44. The molecule has 3 heterocycles. The smallest absolute Gasteiger partial charge is 0.227 e. The second-order valence-corrected chi connectivity index (χ2v) is 9.48. The molecule has 1 aliphatic carbocycles. The molecule has 2 aliphatic rings. The Hall–Kier alpha value is -1.74. The number of imidazole rings is 1. The number of rotatable bonds is 6. The lowest BCUT2D eigenvalue weighted by Crippen LogP contribution is -2.33. The lowest BCUT2D eigenvalue weighted by atomic mass is 9.92. The first-order valence-corrected chi connectivity index (χ1v) is 12.0. The standard InChI is InChI=1S/C22H29N7S.2ClH/c23-16-6-8-17(9-7-16)26-22-27-20(24-12-15-4-2-1-3-5-15)19-21(28-22)29(14-25-19)18-10-11-30-13-18;;/h1-5,14,16-18H,6-13,23H2,(H2,24,26,27,28);2*1H. The number of nitrogens with one attached hydrogen (secondary N) is 2. The summed E-state index contributed by atoms with van der Waals surface area (Å²) in [5, 5.41) is 7.08. The quantitative estimate of drug-likeness (QED) is 0.458. The zero-order valence-corrected chi connectivity index (χ0v) is 20.4. The maximum atomic E-state index is 6.08. The van der Waals surface area contributed by atoms with Crippen molar-refractivity contribution in [2.75, 3.05) is 22.1 Å². The first-order chi connectivity index (χ1) is 14.8. The van der Waals surface area contributed by atoms with E-state index in [9.17, 15) is 0 Å². The molecule has 1 unspecified atom stereocenters. The van der Waals surface area contributed by atoms with E-state index >= 15 is 0 Å². The third-order valence-corrected chi connectivity index (χ3v) is 7.27. The van der Waals surface area contributed by atoms with E-state index in [1.807, 2.05) is 24.2 Å². The molecule has 0 radical (unpaired) electrons. The predicted molar refractivity (Wildman–Crippen MR) is 138 cm³/mol. The van der Waals surface area contributed by atoms with Crippen molar-refractivity contribution in [2.45, 2.75) is 56.8 Å². The molecule has 10 heteroatoms. The van der Waals surface area contributed by atoms with Crippen LogP contribution >= 0.6 is 36.6 Å². The van der Waals surface area contributed by atoms with Gasteiger partial charge in [0, 0.05) is 30.4 Å². The molecule has 1 atom stereocenters. The van der Waals surface area contributed by atoms with Crippen LogP contribution < -0.4 is 16.4 Å². The normalized spacial score (nSPS) is 22.7. The Labute approximate surface area is 205 Å². The molecule has 0 bridgehead atoms. The van der Waals surface area contributed by atoms with Crippen LogP contribution in [-0.2, 0) is 6.54 Å². The molecule has 0 spiro atoms. The fourth-order valence-electron chi connectivity index (χ4n) is 4.34. The summed E-state index contributed by atoms with van der Waals surface area (Å²) >= 11 is 2.00. The van der Waals surface area contributed by atoms with Gasteiger partial charge in [0.2, 0.25) is 5.95 Å². The number of halogens is 2. The molecule has 32 heavy (non-hydrogen) atoms. The highest BCUT2D eigenvalue weighted by Gasteiger charge is 2.24. The van der Waals surface area contributed by atoms with Crippen LogP contribution in [0.5, 0.6) is 0 Å². The Morgan fingerprint density at radius 3 is 2.53 bits per heavy atom. The van der Waals surface area contributed by atoms with Crippen molar-refractivity contribution in [3.05, 3.63) is 42.2 Å². The van der Waals surface area contributed by atoms with E-state index in [2.05, 4.69) is 39.5 Å². The van der Waals surface area contributed by atoms with E-state index in [1.54, 1.807) is 0 Å². The molecule has 1 aliphatic heterocycles. The van der Waals surface area contributed by atoms with Crippen LogP contribution in [0, 0.1) is 0 Å². The summed E-state index contributed by atoms with van der Waals surface area (Å²) in [6.07, 6.45) is 7.33. The minimum atomic E-state index is 0. The van der Waals surface area contributed by atoms with Gasteiger partial charge in [-0.15, -0.1) is 24.8 Å². The fourth-order valence-corrected chi connectivity index (χ4v) is 5.55. The number of aromatic nitrogens is 4. The lowest BCUT2D eigenvalue weighted by molar-refractivity contribution is 0.410. The minimum absolute atomic E-state index is 0. The second kappa shape index (κ2) is 11.4. The van der Waals surface area contributed by atoms with Gasteiger partial charge in [0.1, 0.15) is 0 Å². The number of fused-ring (bicyclic) bond motifs is 1. The van der Waals surface area contributed by atoms with Crippen molar-refractivity contribution in [3.8, 4) is 0 Å². The van der Waals surface area contributed by atoms with Gasteiger partial charge in [-0.25, -0.2) is 4.98 Å². The van der Waals surface area contributed by atoms with Crippen molar-refractivity contribution in [2.24, 2.45) is 5.73 Å². The first kappa shape index (κ1) is 24.9. The van der Waals surface area contributed by atoms with E-state index in [1.165, 1.54) is 11.3 Å². The second-order valence-electron chi connectivity index (χ2n) is 8.33. The third kappa shape index (κ3) is 5.60. The Balaban J connectivity index is 0.00000144. The summed E-state index contributed by atoms with van der Waals surface area (Å²) in [5.41, 5.74) is 9.06. The van der Waals surface area contributed by atoms with E-state index in [-0.39, 0.29) is 24.8 Å².